The molecule has 0 atom stereocenters. The van der Waals surface area contributed by atoms with Crippen LogP contribution >= 0.6 is 22.9 Å². The highest BCUT2D eigenvalue weighted by Gasteiger charge is 2.20. The van der Waals surface area contributed by atoms with E-state index in [0.29, 0.717) is 26.1 Å². The van der Waals surface area contributed by atoms with E-state index in [4.69, 9.17) is 16.0 Å². The normalized spacial score (nSPS) is 11.9. The standard InChI is InChI=1S/C22H17ClN2O4S2/c1-31(27,28)17-9-10-19-20(13-17)30-22(24-19)25(14-16-6-4-12-29-16)21(26)11-8-15-5-2-3-7-18(15)23/h2-13H,14H2,1H3/b11-8+. The predicted octanol–water partition coefficient (Wildman–Crippen LogP) is 5.19. The third-order valence-corrected chi connectivity index (χ3v) is 6.97. The van der Waals surface area contributed by atoms with Crippen molar-refractivity contribution < 1.29 is 17.6 Å². The summed E-state index contributed by atoms with van der Waals surface area (Å²) in [6.45, 7) is 0.178. The van der Waals surface area contributed by atoms with Crippen molar-refractivity contribution in [3.05, 3.63) is 83.3 Å². The number of hydrogen-bond donors (Lipinski definition) is 0. The highest BCUT2D eigenvalue weighted by atomic mass is 35.5. The van der Waals surface area contributed by atoms with Crippen LogP contribution in [0, 0.1) is 0 Å². The second kappa shape index (κ2) is 8.66. The van der Waals surface area contributed by atoms with Crippen molar-refractivity contribution in [3.63, 3.8) is 0 Å². The molecule has 0 fully saturated rings. The molecule has 0 aliphatic rings. The molecule has 2 heterocycles. The number of thiazole rings is 1. The molecule has 4 aromatic rings. The first kappa shape index (κ1) is 21.3. The average molecular weight is 473 g/mol. The molecular weight excluding hydrogens is 456 g/mol. The molecular formula is C22H17ClN2O4S2. The van der Waals surface area contributed by atoms with E-state index in [1.165, 1.54) is 34.6 Å². The van der Waals surface area contributed by atoms with Crippen LogP contribution in [0.3, 0.4) is 0 Å². The Hall–Kier alpha value is -2.94. The second-order valence-electron chi connectivity index (χ2n) is 6.76. The maximum Gasteiger partial charge on any atom is 0.253 e. The minimum atomic E-state index is -3.35. The Morgan fingerprint density at radius 2 is 2.00 bits per heavy atom. The number of hydrogen-bond acceptors (Lipinski definition) is 6. The van der Waals surface area contributed by atoms with Gasteiger partial charge in [-0.1, -0.05) is 41.1 Å². The number of carbonyl (C=O) groups is 1. The number of benzene rings is 2. The zero-order chi connectivity index (χ0) is 22.0. The Bertz CT molecular complexity index is 1380. The predicted molar refractivity (Wildman–Crippen MR) is 123 cm³/mol. The van der Waals surface area contributed by atoms with Crippen LogP contribution in [0.5, 0.6) is 0 Å². The van der Waals surface area contributed by atoms with Gasteiger partial charge in [0.2, 0.25) is 0 Å². The molecule has 0 spiro atoms. The fraction of sp³-hybridized carbons (Fsp3) is 0.0909. The van der Waals surface area contributed by atoms with E-state index in [0.717, 1.165) is 11.8 Å². The largest absolute Gasteiger partial charge is 0.467 e. The van der Waals surface area contributed by atoms with E-state index in [-0.39, 0.29) is 17.3 Å². The molecule has 0 bridgehead atoms. The summed E-state index contributed by atoms with van der Waals surface area (Å²) in [4.78, 5) is 19.3. The van der Waals surface area contributed by atoms with Crippen LogP contribution in [-0.2, 0) is 21.2 Å². The number of amides is 1. The lowest BCUT2D eigenvalue weighted by Gasteiger charge is -2.16. The highest BCUT2D eigenvalue weighted by molar-refractivity contribution is 7.90. The summed E-state index contributed by atoms with van der Waals surface area (Å²) in [7, 11) is -3.35. The van der Waals surface area contributed by atoms with Gasteiger partial charge in [-0.05, 0) is 48.0 Å². The third kappa shape index (κ3) is 4.87. The summed E-state index contributed by atoms with van der Waals surface area (Å²) in [5, 5.41) is 0.975. The molecule has 0 saturated heterocycles. The van der Waals surface area contributed by atoms with Crippen LogP contribution in [0.2, 0.25) is 5.02 Å². The fourth-order valence-electron chi connectivity index (χ4n) is 2.90. The van der Waals surface area contributed by atoms with Crippen LogP contribution in [0.1, 0.15) is 11.3 Å². The Morgan fingerprint density at radius 1 is 1.19 bits per heavy atom. The minimum Gasteiger partial charge on any atom is -0.467 e. The quantitative estimate of drug-likeness (QED) is 0.360. The number of halogens is 1. The Morgan fingerprint density at radius 3 is 2.71 bits per heavy atom. The van der Waals surface area contributed by atoms with Gasteiger partial charge in [0.1, 0.15) is 5.76 Å². The van der Waals surface area contributed by atoms with Crippen molar-refractivity contribution in [2.45, 2.75) is 11.4 Å². The maximum atomic E-state index is 13.1. The van der Waals surface area contributed by atoms with Gasteiger partial charge in [0.25, 0.3) is 5.91 Å². The van der Waals surface area contributed by atoms with Gasteiger partial charge in [-0.25, -0.2) is 13.4 Å². The van der Waals surface area contributed by atoms with Crippen LogP contribution in [0.4, 0.5) is 5.13 Å². The summed E-state index contributed by atoms with van der Waals surface area (Å²) < 4.78 is 29.8. The van der Waals surface area contributed by atoms with Gasteiger partial charge >= 0.3 is 0 Å². The van der Waals surface area contributed by atoms with Gasteiger partial charge in [-0.2, -0.15) is 0 Å². The van der Waals surface area contributed by atoms with Crippen molar-refractivity contribution in [1.29, 1.82) is 0 Å². The van der Waals surface area contributed by atoms with E-state index < -0.39 is 9.84 Å². The smallest absolute Gasteiger partial charge is 0.253 e. The molecule has 0 radical (unpaired) electrons. The fourth-order valence-corrected chi connectivity index (χ4v) is 4.83. The number of anilines is 1. The van der Waals surface area contributed by atoms with Gasteiger partial charge in [0.15, 0.2) is 15.0 Å². The molecule has 9 heteroatoms. The number of rotatable bonds is 6. The molecule has 0 N–H and O–H groups in total. The lowest BCUT2D eigenvalue weighted by molar-refractivity contribution is -0.114. The zero-order valence-electron chi connectivity index (χ0n) is 16.4. The molecule has 2 aromatic carbocycles. The lowest BCUT2D eigenvalue weighted by atomic mass is 10.2. The summed E-state index contributed by atoms with van der Waals surface area (Å²) in [5.41, 5.74) is 1.33. The molecule has 1 amide bonds. The van der Waals surface area contributed by atoms with Crippen molar-refractivity contribution >= 4 is 60.1 Å². The van der Waals surface area contributed by atoms with E-state index in [1.807, 2.05) is 18.2 Å². The Kier molecular flexibility index (Phi) is 5.95. The van der Waals surface area contributed by atoms with Crippen molar-refractivity contribution in [1.82, 2.24) is 4.98 Å². The number of aromatic nitrogens is 1. The van der Waals surface area contributed by atoms with E-state index in [1.54, 1.807) is 36.4 Å². The van der Waals surface area contributed by atoms with Gasteiger partial charge in [0.05, 0.1) is 27.9 Å². The molecule has 158 valence electrons. The average Bonchev–Trinajstić information content (AvgIpc) is 3.39. The first-order valence-corrected chi connectivity index (χ1v) is 12.3. The summed E-state index contributed by atoms with van der Waals surface area (Å²) >= 11 is 7.41. The van der Waals surface area contributed by atoms with Crippen LogP contribution in [0.15, 0.2) is 76.2 Å². The lowest BCUT2D eigenvalue weighted by Crippen LogP contribution is -2.28. The topological polar surface area (TPSA) is 80.5 Å². The number of furan rings is 1. The van der Waals surface area contributed by atoms with E-state index in [2.05, 4.69) is 4.98 Å². The molecule has 0 aliphatic carbocycles. The SMILES string of the molecule is CS(=O)(=O)c1ccc2nc(N(Cc3ccco3)C(=O)/C=C/c3ccccc3Cl)sc2c1. The first-order valence-electron chi connectivity index (χ1n) is 9.18. The minimum absolute atomic E-state index is 0.178. The third-order valence-electron chi connectivity index (χ3n) is 4.48. The van der Waals surface area contributed by atoms with Gasteiger partial charge in [-0.15, -0.1) is 0 Å². The van der Waals surface area contributed by atoms with E-state index in [9.17, 15) is 13.2 Å². The van der Waals surface area contributed by atoms with Gasteiger partial charge in [-0.3, -0.25) is 9.69 Å². The molecule has 6 nitrogen and oxygen atoms in total. The van der Waals surface area contributed by atoms with Crippen LogP contribution < -0.4 is 4.90 Å². The van der Waals surface area contributed by atoms with Crippen LogP contribution in [0.25, 0.3) is 16.3 Å². The monoisotopic (exact) mass is 472 g/mol. The number of sulfone groups is 1. The number of fused-ring (bicyclic) bond motifs is 1. The number of carbonyl (C=O) groups excluding carboxylic acids is 1. The highest BCUT2D eigenvalue weighted by Crippen LogP contribution is 2.32. The van der Waals surface area contributed by atoms with Gasteiger partial charge in [0, 0.05) is 17.4 Å². The Balaban J connectivity index is 1.71. The van der Waals surface area contributed by atoms with Crippen molar-refractivity contribution in [2.75, 3.05) is 11.2 Å². The van der Waals surface area contributed by atoms with Crippen molar-refractivity contribution in [2.24, 2.45) is 0 Å². The maximum absolute atomic E-state index is 13.1. The molecule has 31 heavy (non-hydrogen) atoms. The molecule has 4 rings (SSSR count). The summed E-state index contributed by atoms with van der Waals surface area (Å²) in [6.07, 6.45) is 5.77. The molecule has 0 aliphatic heterocycles. The van der Waals surface area contributed by atoms with Gasteiger partial charge < -0.3 is 4.42 Å². The Labute approximate surface area is 188 Å². The van der Waals surface area contributed by atoms with Crippen LogP contribution in [-0.4, -0.2) is 25.6 Å². The van der Waals surface area contributed by atoms with Crippen molar-refractivity contribution in [3.8, 4) is 0 Å². The summed E-state index contributed by atoms with van der Waals surface area (Å²) in [5.74, 6) is 0.286. The molecule has 0 saturated carbocycles. The van der Waals surface area contributed by atoms with E-state index >= 15 is 0 Å². The molecule has 2 aromatic heterocycles. The summed E-state index contributed by atoms with van der Waals surface area (Å²) in [6, 6.07) is 15.5. The first-order chi connectivity index (χ1) is 14.8. The zero-order valence-corrected chi connectivity index (χ0v) is 18.7. The molecule has 0 unspecified atom stereocenters. The second-order valence-corrected chi connectivity index (χ2v) is 10.2. The number of nitrogens with zero attached hydrogens (tertiary/aromatic N) is 2.